The first kappa shape index (κ1) is 12.8. The molecule has 0 aromatic rings. The predicted molar refractivity (Wildman–Crippen MR) is 62.8 cm³/mol. The fourth-order valence-corrected chi connectivity index (χ4v) is 1.09. The molecule has 1 N–H and O–H groups in total. The van der Waals surface area contributed by atoms with Crippen molar-refractivity contribution in [1.29, 1.82) is 0 Å². The van der Waals surface area contributed by atoms with E-state index in [-0.39, 0.29) is 6.61 Å². The van der Waals surface area contributed by atoms with Gasteiger partial charge in [-0.2, -0.15) is 0 Å². The van der Waals surface area contributed by atoms with E-state index in [4.69, 9.17) is 5.11 Å². The van der Waals surface area contributed by atoms with Crippen LogP contribution in [0.2, 0.25) is 0 Å². The fraction of sp³-hybridized carbons (Fsp3) is 0.417. The maximum Gasteiger partial charge on any atom is 0.0681 e. The third kappa shape index (κ3) is 4.19. The molecular formula is C12H19NO. The second-order valence-electron chi connectivity index (χ2n) is 2.93. The third-order valence-electron chi connectivity index (χ3n) is 1.97. The first-order chi connectivity index (χ1) is 6.69. The van der Waals surface area contributed by atoms with Gasteiger partial charge < -0.3 is 5.11 Å². The molecule has 0 rings (SSSR count). The standard InChI is InChI=1S/C12H19NO/c1-5-7-11(9-14)8-12(6-2)10(3)13-4/h5-8,14H,9H2,1-4H3/b7-5-,11-8+,12-6-,13-10+. The lowest BCUT2D eigenvalue weighted by Gasteiger charge is -2.02. The highest BCUT2D eigenvalue weighted by atomic mass is 16.3. The molecule has 0 fully saturated rings. The molecule has 78 valence electrons. The maximum atomic E-state index is 9.07. The summed E-state index contributed by atoms with van der Waals surface area (Å²) in [4.78, 5) is 4.11. The molecule has 2 nitrogen and oxygen atoms in total. The molecule has 0 aliphatic carbocycles. The average Bonchev–Trinajstić information content (AvgIpc) is 2.23. The Morgan fingerprint density at radius 1 is 1.36 bits per heavy atom. The first-order valence-corrected chi connectivity index (χ1v) is 4.73. The Bertz CT molecular complexity index is 283. The van der Waals surface area contributed by atoms with Crippen molar-refractivity contribution in [1.82, 2.24) is 0 Å². The number of aliphatic hydroxyl groups excluding tert-OH is 1. The van der Waals surface area contributed by atoms with Crippen LogP contribution >= 0.6 is 0 Å². The van der Waals surface area contributed by atoms with Crippen LogP contribution in [0.25, 0.3) is 0 Å². The van der Waals surface area contributed by atoms with Gasteiger partial charge in [0.25, 0.3) is 0 Å². The van der Waals surface area contributed by atoms with Crippen molar-refractivity contribution >= 4 is 5.71 Å². The quantitative estimate of drug-likeness (QED) is 0.540. The minimum atomic E-state index is 0.0542. The van der Waals surface area contributed by atoms with Crippen molar-refractivity contribution in [3.8, 4) is 0 Å². The van der Waals surface area contributed by atoms with Crippen LogP contribution in [0.1, 0.15) is 20.8 Å². The predicted octanol–water partition coefficient (Wildman–Crippen LogP) is 2.52. The van der Waals surface area contributed by atoms with Crippen LogP contribution in [0.15, 0.2) is 40.4 Å². The Morgan fingerprint density at radius 2 is 2.00 bits per heavy atom. The summed E-state index contributed by atoms with van der Waals surface area (Å²) in [5.74, 6) is 0. The molecule has 0 aromatic carbocycles. The summed E-state index contributed by atoms with van der Waals surface area (Å²) in [5, 5.41) is 9.07. The van der Waals surface area contributed by atoms with E-state index in [1.54, 1.807) is 7.05 Å². The van der Waals surface area contributed by atoms with E-state index in [2.05, 4.69) is 4.99 Å². The van der Waals surface area contributed by atoms with Crippen molar-refractivity contribution in [3.05, 3.63) is 35.5 Å². The molecule has 0 amide bonds. The van der Waals surface area contributed by atoms with Gasteiger partial charge in [-0.15, -0.1) is 0 Å². The van der Waals surface area contributed by atoms with Gasteiger partial charge in [0.15, 0.2) is 0 Å². The van der Waals surface area contributed by atoms with Crippen molar-refractivity contribution < 1.29 is 5.11 Å². The number of nitrogens with zero attached hydrogens (tertiary/aromatic N) is 1. The summed E-state index contributed by atoms with van der Waals surface area (Å²) in [7, 11) is 1.76. The summed E-state index contributed by atoms with van der Waals surface area (Å²) >= 11 is 0. The Labute approximate surface area is 86.4 Å². The van der Waals surface area contributed by atoms with Gasteiger partial charge in [0, 0.05) is 12.8 Å². The monoisotopic (exact) mass is 193 g/mol. The van der Waals surface area contributed by atoms with Crippen LogP contribution in [0.4, 0.5) is 0 Å². The lowest BCUT2D eigenvalue weighted by atomic mass is 10.1. The lowest BCUT2D eigenvalue weighted by molar-refractivity contribution is 0.335. The highest BCUT2D eigenvalue weighted by Gasteiger charge is 1.97. The largest absolute Gasteiger partial charge is 0.392 e. The SMILES string of the molecule is C\C=C/C(=C\C(=C\C)C(\C)=N\C)CO. The topological polar surface area (TPSA) is 32.6 Å². The minimum Gasteiger partial charge on any atom is -0.392 e. The molecule has 0 atom stereocenters. The van der Waals surface area contributed by atoms with E-state index in [1.165, 1.54) is 0 Å². The molecule has 14 heavy (non-hydrogen) atoms. The molecule has 0 saturated carbocycles. The maximum absolute atomic E-state index is 9.07. The summed E-state index contributed by atoms with van der Waals surface area (Å²) < 4.78 is 0. The Hall–Kier alpha value is -1.15. The molecule has 0 saturated heterocycles. The minimum absolute atomic E-state index is 0.0542. The zero-order chi connectivity index (χ0) is 11.0. The Kier molecular flexibility index (Phi) is 6.68. The molecule has 0 aliphatic heterocycles. The van der Waals surface area contributed by atoms with Gasteiger partial charge >= 0.3 is 0 Å². The third-order valence-corrected chi connectivity index (χ3v) is 1.97. The normalized spacial score (nSPS) is 15.4. The van der Waals surface area contributed by atoms with E-state index >= 15 is 0 Å². The van der Waals surface area contributed by atoms with E-state index < -0.39 is 0 Å². The Morgan fingerprint density at radius 3 is 2.36 bits per heavy atom. The summed E-state index contributed by atoms with van der Waals surface area (Å²) in [6.45, 7) is 5.90. The van der Waals surface area contributed by atoms with Gasteiger partial charge in [-0.3, -0.25) is 4.99 Å². The highest BCUT2D eigenvalue weighted by molar-refractivity contribution is 6.00. The van der Waals surface area contributed by atoms with Gasteiger partial charge in [0.05, 0.1) is 6.61 Å². The van der Waals surface area contributed by atoms with Crippen LogP contribution in [-0.4, -0.2) is 24.5 Å². The zero-order valence-electron chi connectivity index (χ0n) is 9.41. The fourth-order valence-electron chi connectivity index (χ4n) is 1.09. The van der Waals surface area contributed by atoms with Gasteiger partial charge in [-0.1, -0.05) is 18.2 Å². The van der Waals surface area contributed by atoms with Crippen molar-refractivity contribution in [2.24, 2.45) is 4.99 Å². The molecular weight excluding hydrogens is 174 g/mol. The molecule has 0 aliphatic rings. The molecule has 0 aromatic heterocycles. The molecule has 0 unspecified atom stereocenters. The van der Waals surface area contributed by atoms with Gasteiger partial charge in [0.1, 0.15) is 0 Å². The van der Waals surface area contributed by atoms with Crippen LogP contribution < -0.4 is 0 Å². The van der Waals surface area contributed by atoms with E-state index in [9.17, 15) is 0 Å². The van der Waals surface area contributed by atoms with Crippen LogP contribution in [-0.2, 0) is 0 Å². The molecule has 0 spiro atoms. The summed E-state index contributed by atoms with van der Waals surface area (Å²) in [6, 6.07) is 0. The zero-order valence-corrected chi connectivity index (χ0v) is 9.41. The molecule has 0 bridgehead atoms. The summed E-state index contributed by atoms with van der Waals surface area (Å²) in [5.41, 5.74) is 2.92. The molecule has 0 heterocycles. The van der Waals surface area contributed by atoms with Crippen molar-refractivity contribution in [2.45, 2.75) is 20.8 Å². The van der Waals surface area contributed by atoms with Gasteiger partial charge in [-0.25, -0.2) is 0 Å². The van der Waals surface area contributed by atoms with Gasteiger partial charge in [0.2, 0.25) is 0 Å². The van der Waals surface area contributed by atoms with E-state index in [1.807, 2.05) is 45.1 Å². The van der Waals surface area contributed by atoms with Crippen LogP contribution in [0, 0.1) is 0 Å². The smallest absolute Gasteiger partial charge is 0.0681 e. The Balaban J connectivity index is 4.90. The number of aliphatic hydroxyl groups is 1. The second-order valence-corrected chi connectivity index (χ2v) is 2.93. The van der Waals surface area contributed by atoms with E-state index in [0.29, 0.717) is 0 Å². The van der Waals surface area contributed by atoms with Gasteiger partial charge in [-0.05, 0) is 38.0 Å². The molecule has 0 radical (unpaired) electrons. The first-order valence-electron chi connectivity index (χ1n) is 4.73. The number of allylic oxidation sites excluding steroid dienone is 4. The van der Waals surface area contributed by atoms with E-state index in [0.717, 1.165) is 16.9 Å². The van der Waals surface area contributed by atoms with Crippen molar-refractivity contribution in [3.63, 3.8) is 0 Å². The van der Waals surface area contributed by atoms with Crippen LogP contribution in [0.3, 0.4) is 0 Å². The van der Waals surface area contributed by atoms with Crippen molar-refractivity contribution in [2.75, 3.05) is 13.7 Å². The lowest BCUT2D eigenvalue weighted by Crippen LogP contribution is -1.96. The number of aliphatic imine (C=N–C) groups is 1. The average molecular weight is 193 g/mol. The molecule has 2 heteroatoms. The number of rotatable bonds is 4. The second kappa shape index (κ2) is 7.27. The highest BCUT2D eigenvalue weighted by Crippen LogP contribution is 2.06. The number of hydrogen-bond acceptors (Lipinski definition) is 2. The summed E-state index contributed by atoms with van der Waals surface area (Å²) in [6.07, 6.45) is 7.74. The number of hydrogen-bond donors (Lipinski definition) is 1. The van der Waals surface area contributed by atoms with Crippen LogP contribution in [0.5, 0.6) is 0 Å².